The first-order valence-corrected chi connectivity index (χ1v) is 8.30. The van der Waals surface area contributed by atoms with Crippen molar-refractivity contribution in [3.05, 3.63) is 70.8 Å². The van der Waals surface area contributed by atoms with Crippen molar-refractivity contribution < 1.29 is 0 Å². The number of aromatic nitrogens is 2. The summed E-state index contributed by atoms with van der Waals surface area (Å²) in [6.07, 6.45) is 2.83. The minimum absolute atomic E-state index is 0.733. The Hall–Kier alpha value is -2.40. The first-order chi connectivity index (χ1) is 11.3. The number of fused-ring (bicyclic) bond motifs is 1. The van der Waals surface area contributed by atoms with Gasteiger partial charge in [0.25, 0.3) is 0 Å². The molecule has 3 aromatic rings. The average Bonchev–Trinajstić information content (AvgIpc) is 3.01. The Morgan fingerprint density at radius 3 is 2.70 bits per heavy atom. The summed E-state index contributed by atoms with van der Waals surface area (Å²) in [5.74, 6) is 1.53. The van der Waals surface area contributed by atoms with Crippen molar-refractivity contribution in [1.29, 1.82) is 0 Å². The zero-order valence-corrected chi connectivity index (χ0v) is 14.0. The number of rotatable bonds is 3. The van der Waals surface area contributed by atoms with E-state index in [0.29, 0.717) is 0 Å². The number of nitrogens with zero attached hydrogens (tertiary/aromatic N) is 3. The molecule has 1 aliphatic heterocycles. The van der Waals surface area contributed by atoms with Crippen LogP contribution in [0.2, 0.25) is 0 Å². The molecule has 1 aromatic heterocycles. The third kappa shape index (κ3) is 2.92. The van der Waals surface area contributed by atoms with Crippen LogP contribution in [0.3, 0.4) is 0 Å². The third-order valence-corrected chi connectivity index (χ3v) is 4.42. The molecule has 0 radical (unpaired) electrons. The van der Waals surface area contributed by atoms with Crippen LogP contribution in [0.1, 0.15) is 5.56 Å². The molecular formula is C18H15BrN4. The van der Waals surface area contributed by atoms with Crippen molar-refractivity contribution in [2.45, 2.75) is 6.42 Å². The number of hydrogen-bond donors (Lipinski definition) is 1. The van der Waals surface area contributed by atoms with Crippen LogP contribution < -0.4 is 10.2 Å². The minimum Gasteiger partial charge on any atom is -0.340 e. The van der Waals surface area contributed by atoms with Crippen molar-refractivity contribution in [3.8, 4) is 0 Å². The zero-order valence-electron chi connectivity index (χ0n) is 12.4. The Morgan fingerprint density at radius 1 is 1.00 bits per heavy atom. The second-order valence-corrected chi connectivity index (χ2v) is 6.32. The van der Waals surface area contributed by atoms with Crippen LogP contribution in [0.4, 0.5) is 23.1 Å². The predicted molar refractivity (Wildman–Crippen MR) is 96.6 cm³/mol. The van der Waals surface area contributed by atoms with Gasteiger partial charge in [0.2, 0.25) is 5.95 Å². The standard InChI is InChI=1S/C18H15BrN4/c19-14-5-7-15(8-6-14)21-17-9-11-20-18(22-17)23-12-10-13-3-1-2-4-16(13)23/h1-9,11H,10,12H2,(H,20,21,22). The fourth-order valence-electron chi connectivity index (χ4n) is 2.78. The molecule has 23 heavy (non-hydrogen) atoms. The highest BCUT2D eigenvalue weighted by Crippen LogP contribution is 2.32. The summed E-state index contributed by atoms with van der Waals surface area (Å²) in [5.41, 5.74) is 3.55. The van der Waals surface area contributed by atoms with E-state index in [2.05, 4.69) is 60.4 Å². The number of benzene rings is 2. The molecule has 0 unspecified atom stereocenters. The van der Waals surface area contributed by atoms with E-state index in [1.807, 2.05) is 30.3 Å². The minimum atomic E-state index is 0.733. The Balaban J connectivity index is 1.61. The summed E-state index contributed by atoms with van der Waals surface area (Å²) in [6, 6.07) is 18.3. The first-order valence-electron chi connectivity index (χ1n) is 7.51. The van der Waals surface area contributed by atoms with Crippen molar-refractivity contribution in [3.63, 3.8) is 0 Å². The lowest BCUT2D eigenvalue weighted by Crippen LogP contribution is -2.16. The molecule has 0 spiro atoms. The summed E-state index contributed by atoms with van der Waals surface area (Å²) >= 11 is 3.44. The summed E-state index contributed by atoms with van der Waals surface area (Å²) in [4.78, 5) is 11.3. The Labute approximate surface area is 143 Å². The number of hydrogen-bond acceptors (Lipinski definition) is 4. The van der Waals surface area contributed by atoms with E-state index in [1.165, 1.54) is 11.3 Å². The zero-order chi connectivity index (χ0) is 15.6. The molecular weight excluding hydrogens is 352 g/mol. The lowest BCUT2D eigenvalue weighted by Gasteiger charge is -2.17. The second-order valence-electron chi connectivity index (χ2n) is 5.40. The van der Waals surface area contributed by atoms with Crippen molar-refractivity contribution in [2.75, 3.05) is 16.8 Å². The average molecular weight is 367 g/mol. The van der Waals surface area contributed by atoms with Gasteiger partial charge in [-0.15, -0.1) is 0 Å². The Bertz CT molecular complexity index is 832. The van der Waals surface area contributed by atoms with Crippen LogP contribution in [-0.2, 0) is 6.42 Å². The fraction of sp³-hybridized carbons (Fsp3) is 0.111. The quantitative estimate of drug-likeness (QED) is 0.730. The van der Waals surface area contributed by atoms with E-state index in [0.717, 1.165) is 34.9 Å². The maximum Gasteiger partial charge on any atom is 0.231 e. The number of nitrogens with one attached hydrogen (secondary N) is 1. The summed E-state index contributed by atoms with van der Waals surface area (Å²) in [5, 5.41) is 3.32. The van der Waals surface area contributed by atoms with Gasteiger partial charge in [-0.2, -0.15) is 4.98 Å². The molecule has 2 aromatic carbocycles. The van der Waals surface area contributed by atoms with Gasteiger partial charge in [-0.25, -0.2) is 4.98 Å². The maximum atomic E-state index is 4.66. The van der Waals surface area contributed by atoms with Crippen LogP contribution >= 0.6 is 15.9 Å². The molecule has 0 bridgehead atoms. The number of halogens is 1. The number of anilines is 4. The molecule has 4 nitrogen and oxygen atoms in total. The van der Waals surface area contributed by atoms with E-state index in [9.17, 15) is 0 Å². The van der Waals surface area contributed by atoms with Gasteiger partial charge in [0.15, 0.2) is 0 Å². The number of para-hydroxylation sites is 1. The van der Waals surface area contributed by atoms with E-state index in [4.69, 9.17) is 0 Å². The van der Waals surface area contributed by atoms with Crippen LogP contribution in [-0.4, -0.2) is 16.5 Å². The molecule has 4 rings (SSSR count). The molecule has 0 atom stereocenters. The molecule has 0 aliphatic carbocycles. The van der Waals surface area contributed by atoms with Gasteiger partial charge < -0.3 is 10.2 Å². The van der Waals surface area contributed by atoms with Gasteiger partial charge in [0, 0.05) is 28.6 Å². The van der Waals surface area contributed by atoms with Crippen LogP contribution in [0.25, 0.3) is 0 Å². The SMILES string of the molecule is Brc1ccc(Nc2ccnc(N3CCc4ccccc43)n2)cc1. The van der Waals surface area contributed by atoms with Gasteiger partial charge >= 0.3 is 0 Å². The molecule has 0 amide bonds. The summed E-state index contributed by atoms with van der Waals surface area (Å²) in [6.45, 7) is 0.918. The molecule has 0 fully saturated rings. The lowest BCUT2D eigenvalue weighted by molar-refractivity contribution is 0.941. The molecule has 0 saturated heterocycles. The Morgan fingerprint density at radius 2 is 1.83 bits per heavy atom. The van der Waals surface area contributed by atoms with Gasteiger partial charge in [-0.1, -0.05) is 34.1 Å². The first kappa shape index (κ1) is 14.2. The topological polar surface area (TPSA) is 41.1 Å². The lowest BCUT2D eigenvalue weighted by atomic mass is 10.2. The monoisotopic (exact) mass is 366 g/mol. The van der Waals surface area contributed by atoms with Crippen LogP contribution in [0, 0.1) is 0 Å². The second kappa shape index (κ2) is 6.01. The van der Waals surface area contributed by atoms with E-state index in [1.54, 1.807) is 6.20 Å². The van der Waals surface area contributed by atoms with Gasteiger partial charge in [0.1, 0.15) is 5.82 Å². The van der Waals surface area contributed by atoms with E-state index in [-0.39, 0.29) is 0 Å². The van der Waals surface area contributed by atoms with Crippen molar-refractivity contribution >= 4 is 39.1 Å². The normalized spacial score (nSPS) is 13.0. The Kier molecular flexibility index (Phi) is 3.71. The molecule has 1 N–H and O–H groups in total. The molecule has 0 saturated carbocycles. The molecule has 1 aliphatic rings. The third-order valence-electron chi connectivity index (χ3n) is 3.89. The smallest absolute Gasteiger partial charge is 0.231 e. The van der Waals surface area contributed by atoms with Gasteiger partial charge in [-0.3, -0.25) is 0 Å². The van der Waals surface area contributed by atoms with Crippen molar-refractivity contribution in [1.82, 2.24) is 9.97 Å². The predicted octanol–water partition coefficient (Wildman–Crippen LogP) is 4.68. The molecule has 114 valence electrons. The fourth-order valence-corrected chi connectivity index (χ4v) is 3.04. The largest absolute Gasteiger partial charge is 0.340 e. The van der Waals surface area contributed by atoms with E-state index < -0.39 is 0 Å². The van der Waals surface area contributed by atoms with Crippen LogP contribution in [0.5, 0.6) is 0 Å². The summed E-state index contributed by atoms with van der Waals surface area (Å²) in [7, 11) is 0. The van der Waals surface area contributed by atoms with Crippen LogP contribution in [0.15, 0.2) is 65.3 Å². The maximum absolute atomic E-state index is 4.66. The molecule has 2 heterocycles. The summed E-state index contributed by atoms with van der Waals surface area (Å²) < 4.78 is 1.06. The van der Waals surface area contributed by atoms with Gasteiger partial charge in [-0.05, 0) is 48.4 Å². The molecule has 5 heteroatoms. The highest BCUT2D eigenvalue weighted by atomic mass is 79.9. The van der Waals surface area contributed by atoms with Crippen molar-refractivity contribution in [2.24, 2.45) is 0 Å². The van der Waals surface area contributed by atoms with E-state index >= 15 is 0 Å². The highest BCUT2D eigenvalue weighted by Gasteiger charge is 2.21. The van der Waals surface area contributed by atoms with Gasteiger partial charge in [0.05, 0.1) is 0 Å². The highest BCUT2D eigenvalue weighted by molar-refractivity contribution is 9.10.